The number of nitrogens with zero attached hydrogens (tertiary/aromatic N) is 3. The number of halogens is 1. The SMILES string of the molecule is Cc1ccc(NC(=O)c2nnsc2S(=O)(=O)c2ccc(Cl)cc2)cn1. The van der Waals surface area contributed by atoms with Gasteiger partial charge >= 0.3 is 0 Å². The minimum absolute atomic E-state index is 0.00834. The predicted octanol–water partition coefficient (Wildman–Crippen LogP) is 2.98. The van der Waals surface area contributed by atoms with E-state index in [-0.39, 0.29) is 14.8 Å². The van der Waals surface area contributed by atoms with Crippen molar-refractivity contribution in [3.63, 3.8) is 0 Å². The van der Waals surface area contributed by atoms with Crippen molar-refractivity contribution in [2.75, 3.05) is 5.32 Å². The third-order valence-electron chi connectivity index (χ3n) is 3.21. The minimum Gasteiger partial charge on any atom is -0.319 e. The fourth-order valence-electron chi connectivity index (χ4n) is 1.95. The van der Waals surface area contributed by atoms with E-state index in [1.54, 1.807) is 12.1 Å². The Morgan fingerprint density at radius 3 is 2.52 bits per heavy atom. The van der Waals surface area contributed by atoms with Crippen molar-refractivity contribution in [1.29, 1.82) is 0 Å². The number of aromatic nitrogens is 3. The van der Waals surface area contributed by atoms with Gasteiger partial charge in [0.25, 0.3) is 5.91 Å². The predicted molar refractivity (Wildman–Crippen MR) is 93.7 cm³/mol. The second-order valence-electron chi connectivity index (χ2n) is 5.01. The molecule has 1 aromatic carbocycles. The van der Waals surface area contributed by atoms with Gasteiger partial charge < -0.3 is 5.32 Å². The molecular weight excluding hydrogens is 384 g/mol. The molecule has 0 aliphatic carbocycles. The maximum absolute atomic E-state index is 12.7. The third-order valence-corrected chi connectivity index (χ3v) is 6.44. The molecule has 10 heteroatoms. The summed E-state index contributed by atoms with van der Waals surface area (Å²) in [6, 6.07) is 9.03. The average Bonchev–Trinajstić information content (AvgIpc) is 3.08. The van der Waals surface area contributed by atoms with Crippen LogP contribution in [0.25, 0.3) is 0 Å². The number of sulfone groups is 1. The van der Waals surface area contributed by atoms with Crippen molar-refractivity contribution < 1.29 is 13.2 Å². The first-order chi connectivity index (χ1) is 11.9. The molecule has 0 saturated heterocycles. The molecule has 3 rings (SSSR count). The fourth-order valence-corrected chi connectivity index (χ4v) is 4.37. The van der Waals surface area contributed by atoms with E-state index in [2.05, 4.69) is 19.9 Å². The van der Waals surface area contributed by atoms with Gasteiger partial charge in [-0.25, -0.2) is 8.42 Å². The maximum Gasteiger partial charge on any atom is 0.278 e. The highest BCUT2D eigenvalue weighted by molar-refractivity contribution is 7.93. The smallest absolute Gasteiger partial charge is 0.278 e. The van der Waals surface area contributed by atoms with E-state index in [9.17, 15) is 13.2 Å². The number of carbonyl (C=O) groups is 1. The highest BCUT2D eigenvalue weighted by Gasteiger charge is 2.29. The third kappa shape index (κ3) is 3.68. The lowest BCUT2D eigenvalue weighted by Crippen LogP contribution is -2.16. The topological polar surface area (TPSA) is 102 Å². The molecule has 0 unspecified atom stereocenters. The molecule has 3 aromatic rings. The summed E-state index contributed by atoms with van der Waals surface area (Å²) >= 11 is 6.42. The molecule has 0 fully saturated rings. The van der Waals surface area contributed by atoms with Gasteiger partial charge in [-0.3, -0.25) is 9.78 Å². The van der Waals surface area contributed by atoms with Crippen molar-refractivity contribution >= 4 is 44.6 Å². The lowest BCUT2D eigenvalue weighted by Gasteiger charge is -2.06. The van der Waals surface area contributed by atoms with Crippen LogP contribution in [0.15, 0.2) is 51.7 Å². The lowest BCUT2D eigenvalue weighted by atomic mass is 10.3. The Kier molecular flexibility index (Phi) is 4.80. The molecule has 128 valence electrons. The Morgan fingerprint density at radius 2 is 1.88 bits per heavy atom. The zero-order chi connectivity index (χ0) is 18.0. The van der Waals surface area contributed by atoms with E-state index in [1.807, 2.05) is 6.92 Å². The maximum atomic E-state index is 12.7. The zero-order valence-electron chi connectivity index (χ0n) is 12.8. The van der Waals surface area contributed by atoms with Gasteiger partial charge in [0.1, 0.15) is 0 Å². The number of pyridine rings is 1. The quantitative estimate of drug-likeness (QED) is 0.729. The number of aryl methyl sites for hydroxylation is 1. The number of hydrogen-bond donors (Lipinski definition) is 1. The number of nitrogens with one attached hydrogen (secondary N) is 1. The van der Waals surface area contributed by atoms with Crippen LogP contribution in [-0.4, -0.2) is 28.9 Å². The molecule has 2 heterocycles. The Bertz CT molecular complexity index is 1020. The van der Waals surface area contributed by atoms with Gasteiger partial charge in [0.05, 0.1) is 16.8 Å². The van der Waals surface area contributed by atoms with Crippen LogP contribution in [0.3, 0.4) is 0 Å². The number of rotatable bonds is 4. The summed E-state index contributed by atoms with van der Waals surface area (Å²) in [5.74, 6) is -0.674. The van der Waals surface area contributed by atoms with Crippen LogP contribution >= 0.6 is 23.1 Å². The van der Waals surface area contributed by atoms with Crippen LogP contribution in [0, 0.1) is 6.92 Å². The van der Waals surface area contributed by atoms with Gasteiger partial charge in [-0.1, -0.05) is 16.1 Å². The number of hydrogen-bond acceptors (Lipinski definition) is 7. The first kappa shape index (κ1) is 17.5. The Labute approximate surface area is 152 Å². The van der Waals surface area contributed by atoms with Crippen molar-refractivity contribution in [3.8, 4) is 0 Å². The molecule has 2 aromatic heterocycles. The normalized spacial score (nSPS) is 11.3. The first-order valence-electron chi connectivity index (χ1n) is 6.95. The highest BCUT2D eigenvalue weighted by atomic mass is 35.5. The standard InChI is InChI=1S/C15H11ClN4O3S2/c1-9-2-5-11(8-17-9)18-14(21)13-15(24-20-19-13)25(22,23)12-6-3-10(16)4-7-12/h2-8H,1H3,(H,18,21). The minimum atomic E-state index is -3.93. The van der Waals surface area contributed by atoms with Crippen molar-refractivity contribution in [2.45, 2.75) is 16.0 Å². The molecule has 7 nitrogen and oxygen atoms in total. The molecule has 0 atom stereocenters. The van der Waals surface area contributed by atoms with Gasteiger partial charge in [0, 0.05) is 22.2 Å². The summed E-state index contributed by atoms with van der Waals surface area (Å²) in [4.78, 5) is 16.5. The summed E-state index contributed by atoms with van der Waals surface area (Å²) in [5, 5.41) is 6.64. The molecule has 1 amide bonds. The van der Waals surface area contributed by atoms with E-state index >= 15 is 0 Å². The molecule has 1 N–H and O–H groups in total. The molecule has 0 bridgehead atoms. The zero-order valence-corrected chi connectivity index (χ0v) is 15.2. The number of carbonyl (C=O) groups excluding carboxylic acids is 1. The number of amides is 1. The Morgan fingerprint density at radius 1 is 1.16 bits per heavy atom. The molecular formula is C15H11ClN4O3S2. The summed E-state index contributed by atoms with van der Waals surface area (Å²) < 4.78 is 28.8. The van der Waals surface area contributed by atoms with Crippen molar-refractivity contribution in [3.05, 3.63) is 59.0 Å². The molecule has 0 spiro atoms. The second-order valence-corrected chi connectivity index (χ2v) is 8.34. The van der Waals surface area contributed by atoms with Gasteiger partial charge in [-0.2, -0.15) is 0 Å². The molecule has 0 aliphatic rings. The van der Waals surface area contributed by atoms with E-state index in [0.29, 0.717) is 22.2 Å². The Hall–Kier alpha value is -2.36. The van der Waals surface area contributed by atoms with Crippen LogP contribution in [0.1, 0.15) is 16.2 Å². The Balaban J connectivity index is 1.93. The number of benzene rings is 1. The first-order valence-corrected chi connectivity index (χ1v) is 9.58. The van der Waals surface area contributed by atoms with Crippen LogP contribution in [-0.2, 0) is 9.84 Å². The van der Waals surface area contributed by atoms with Crippen molar-refractivity contribution in [2.24, 2.45) is 0 Å². The number of anilines is 1. The van der Waals surface area contributed by atoms with E-state index in [0.717, 1.165) is 5.69 Å². The summed E-state index contributed by atoms with van der Waals surface area (Å²) in [6.07, 6.45) is 1.47. The summed E-state index contributed by atoms with van der Waals surface area (Å²) in [5.41, 5.74) is 0.957. The molecule has 0 saturated carbocycles. The average molecular weight is 395 g/mol. The monoisotopic (exact) mass is 394 g/mol. The second kappa shape index (κ2) is 6.87. The van der Waals surface area contributed by atoms with Crippen LogP contribution in [0.2, 0.25) is 5.02 Å². The molecule has 0 radical (unpaired) electrons. The highest BCUT2D eigenvalue weighted by Crippen LogP contribution is 2.27. The van der Waals surface area contributed by atoms with Crippen molar-refractivity contribution in [1.82, 2.24) is 14.6 Å². The summed E-state index contributed by atoms with van der Waals surface area (Å²) in [6.45, 7) is 1.81. The summed E-state index contributed by atoms with van der Waals surface area (Å²) in [7, 11) is -3.93. The van der Waals surface area contributed by atoms with Gasteiger partial charge in [-0.15, -0.1) is 5.10 Å². The van der Waals surface area contributed by atoms with Gasteiger partial charge in [0.15, 0.2) is 9.90 Å². The van der Waals surface area contributed by atoms with E-state index in [4.69, 9.17) is 11.6 Å². The van der Waals surface area contributed by atoms with E-state index < -0.39 is 15.7 Å². The van der Waals surface area contributed by atoms with Crippen LogP contribution < -0.4 is 5.32 Å². The largest absolute Gasteiger partial charge is 0.319 e. The van der Waals surface area contributed by atoms with Crippen LogP contribution in [0.5, 0.6) is 0 Å². The fraction of sp³-hybridized carbons (Fsp3) is 0.0667. The van der Waals surface area contributed by atoms with E-state index in [1.165, 1.54) is 30.5 Å². The lowest BCUT2D eigenvalue weighted by molar-refractivity contribution is 0.101. The molecule has 25 heavy (non-hydrogen) atoms. The van der Waals surface area contributed by atoms with Gasteiger partial charge in [-0.05, 0) is 43.3 Å². The molecule has 0 aliphatic heterocycles. The van der Waals surface area contributed by atoms with Gasteiger partial charge in [0.2, 0.25) is 9.84 Å². The van der Waals surface area contributed by atoms with Crippen LogP contribution in [0.4, 0.5) is 5.69 Å².